The average molecular weight is 436 g/mol. The highest BCUT2D eigenvalue weighted by atomic mass is 79.9. The first kappa shape index (κ1) is 18.7. The zero-order chi connectivity index (χ0) is 18.7. The van der Waals surface area contributed by atoms with E-state index >= 15 is 0 Å². The Labute approximate surface area is 161 Å². The highest BCUT2D eigenvalue weighted by molar-refractivity contribution is 9.10. The van der Waals surface area contributed by atoms with Crippen LogP contribution in [0.5, 0.6) is 5.75 Å². The van der Waals surface area contributed by atoms with Gasteiger partial charge in [-0.05, 0) is 30.3 Å². The predicted octanol–water partition coefficient (Wildman–Crippen LogP) is 2.84. The first-order valence-electron chi connectivity index (χ1n) is 8.05. The van der Waals surface area contributed by atoms with E-state index in [0.29, 0.717) is 42.0 Å². The molecule has 0 spiro atoms. The molecule has 8 heteroatoms. The minimum atomic E-state index is -3.66. The van der Waals surface area contributed by atoms with Crippen molar-refractivity contribution in [2.24, 2.45) is 0 Å². The molecule has 6 nitrogen and oxygen atoms in total. The molecular weight excluding hydrogens is 418 g/mol. The lowest BCUT2D eigenvalue weighted by atomic mass is 10.1. The fourth-order valence-electron chi connectivity index (χ4n) is 3.00. The van der Waals surface area contributed by atoms with Gasteiger partial charge in [-0.1, -0.05) is 28.1 Å². The second kappa shape index (κ2) is 7.66. The Kier molecular flexibility index (Phi) is 5.51. The molecule has 0 bridgehead atoms. The summed E-state index contributed by atoms with van der Waals surface area (Å²) in [6, 6.07) is 14.5. The van der Waals surface area contributed by atoms with Crippen LogP contribution in [0.25, 0.3) is 0 Å². The summed E-state index contributed by atoms with van der Waals surface area (Å²) >= 11 is 3.32. The van der Waals surface area contributed by atoms with Crippen LogP contribution in [0.3, 0.4) is 0 Å². The van der Waals surface area contributed by atoms with Crippen LogP contribution in [0, 0.1) is 11.3 Å². The molecule has 2 aromatic carbocycles. The molecule has 1 aliphatic rings. The van der Waals surface area contributed by atoms with Gasteiger partial charge in [-0.3, -0.25) is 0 Å². The molecule has 3 rings (SSSR count). The van der Waals surface area contributed by atoms with E-state index in [1.165, 1.54) is 11.4 Å². The Morgan fingerprint density at radius 2 is 1.81 bits per heavy atom. The molecule has 2 aromatic rings. The average Bonchev–Trinajstić information content (AvgIpc) is 2.68. The van der Waals surface area contributed by atoms with E-state index in [2.05, 4.69) is 22.0 Å². The molecule has 26 heavy (non-hydrogen) atoms. The topological polar surface area (TPSA) is 73.6 Å². The maximum Gasteiger partial charge on any atom is 0.246 e. The van der Waals surface area contributed by atoms with Crippen molar-refractivity contribution in [3.05, 3.63) is 52.5 Å². The number of para-hydroxylation sites is 1. The van der Waals surface area contributed by atoms with Gasteiger partial charge >= 0.3 is 0 Å². The van der Waals surface area contributed by atoms with Crippen molar-refractivity contribution in [3.8, 4) is 11.8 Å². The van der Waals surface area contributed by atoms with Crippen molar-refractivity contribution >= 4 is 31.6 Å². The molecule has 0 aromatic heterocycles. The van der Waals surface area contributed by atoms with Crippen molar-refractivity contribution in [1.82, 2.24) is 4.31 Å². The molecule has 1 heterocycles. The number of ether oxygens (including phenoxy) is 1. The molecule has 0 aliphatic carbocycles. The smallest absolute Gasteiger partial charge is 0.246 e. The number of hydrogen-bond acceptors (Lipinski definition) is 5. The maximum absolute atomic E-state index is 13.0. The normalized spacial score (nSPS) is 15.5. The van der Waals surface area contributed by atoms with Crippen LogP contribution >= 0.6 is 15.9 Å². The lowest BCUT2D eigenvalue weighted by molar-refractivity contribution is 0.374. The van der Waals surface area contributed by atoms with Crippen molar-refractivity contribution in [2.75, 3.05) is 38.2 Å². The third-order valence-corrected chi connectivity index (χ3v) is 6.76. The van der Waals surface area contributed by atoms with E-state index in [1.807, 2.05) is 23.1 Å². The summed E-state index contributed by atoms with van der Waals surface area (Å²) in [5, 5.41) is 9.26. The fraction of sp³-hybridized carbons (Fsp3) is 0.278. The Balaban J connectivity index is 1.82. The summed E-state index contributed by atoms with van der Waals surface area (Å²) in [7, 11) is -2.20. The van der Waals surface area contributed by atoms with E-state index in [0.717, 1.165) is 5.69 Å². The van der Waals surface area contributed by atoms with Gasteiger partial charge in [0.2, 0.25) is 10.0 Å². The number of methoxy groups -OCH3 is 1. The molecule has 0 saturated carbocycles. The van der Waals surface area contributed by atoms with Crippen molar-refractivity contribution in [1.29, 1.82) is 5.26 Å². The van der Waals surface area contributed by atoms with E-state index in [1.54, 1.807) is 24.3 Å². The van der Waals surface area contributed by atoms with E-state index in [-0.39, 0.29) is 4.90 Å². The second-order valence-corrected chi connectivity index (χ2v) is 8.64. The SMILES string of the molecule is COc1ccc(Br)cc1S(=O)(=O)N1CCN(c2ccccc2C#N)CC1. The summed E-state index contributed by atoms with van der Waals surface area (Å²) in [6.45, 7) is 1.73. The molecule has 1 fully saturated rings. The standard InChI is InChI=1S/C18H18BrN3O3S/c1-25-17-7-6-15(19)12-18(17)26(23,24)22-10-8-21(9-11-22)16-5-3-2-4-14(16)13-20/h2-7,12H,8-11H2,1H3. The summed E-state index contributed by atoms with van der Waals surface area (Å²) in [5.41, 5.74) is 1.43. The number of anilines is 1. The summed E-state index contributed by atoms with van der Waals surface area (Å²) in [6.07, 6.45) is 0. The molecule has 0 atom stereocenters. The molecule has 0 radical (unpaired) electrons. The lowest BCUT2D eigenvalue weighted by Gasteiger charge is -2.35. The van der Waals surface area contributed by atoms with Crippen molar-refractivity contribution < 1.29 is 13.2 Å². The van der Waals surface area contributed by atoms with Gasteiger partial charge in [-0.25, -0.2) is 8.42 Å². The van der Waals surface area contributed by atoms with E-state index in [4.69, 9.17) is 4.74 Å². The highest BCUT2D eigenvalue weighted by Crippen LogP contribution is 2.31. The first-order valence-corrected chi connectivity index (χ1v) is 10.3. The number of sulfonamides is 1. The number of benzene rings is 2. The van der Waals surface area contributed by atoms with Gasteiger partial charge in [0, 0.05) is 30.7 Å². The maximum atomic E-state index is 13.0. The third kappa shape index (κ3) is 3.56. The van der Waals surface area contributed by atoms with Gasteiger partial charge in [-0.15, -0.1) is 0 Å². The number of nitriles is 1. The Hall–Kier alpha value is -2.08. The Morgan fingerprint density at radius 1 is 1.12 bits per heavy atom. The monoisotopic (exact) mass is 435 g/mol. The molecule has 0 N–H and O–H groups in total. The predicted molar refractivity (Wildman–Crippen MR) is 103 cm³/mol. The van der Waals surface area contributed by atoms with Gasteiger partial charge in [-0.2, -0.15) is 9.57 Å². The van der Waals surface area contributed by atoms with Crippen LogP contribution < -0.4 is 9.64 Å². The van der Waals surface area contributed by atoms with Crippen LogP contribution in [0.1, 0.15) is 5.56 Å². The van der Waals surface area contributed by atoms with Crippen LogP contribution in [-0.2, 0) is 10.0 Å². The first-order chi connectivity index (χ1) is 12.5. The Bertz CT molecular complexity index is 948. The zero-order valence-electron chi connectivity index (χ0n) is 14.2. The van der Waals surface area contributed by atoms with Gasteiger partial charge in [0.1, 0.15) is 16.7 Å². The lowest BCUT2D eigenvalue weighted by Crippen LogP contribution is -2.48. The van der Waals surface area contributed by atoms with Crippen LogP contribution in [0.2, 0.25) is 0 Å². The van der Waals surface area contributed by atoms with E-state index in [9.17, 15) is 13.7 Å². The van der Waals surface area contributed by atoms with Crippen molar-refractivity contribution in [2.45, 2.75) is 4.90 Å². The Morgan fingerprint density at radius 3 is 2.46 bits per heavy atom. The van der Waals surface area contributed by atoms with Crippen LogP contribution in [0.4, 0.5) is 5.69 Å². The minimum Gasteiger partial charge on any atom is -0.495 e. The highest BCUT2D eigenvalue weighted by Gasteiger charge is 2.31. The minimum absolute atomic E-state index is 0.153. The van der Waals surface area contributed by atoms with Crippen LogP contribution in [0.15, 0.2) is 51.8 Å². The van der Waals surface area contributed by atoms with Gasteiger partial charge in [0.25, 0.3) is 0 Å². The number of piperazine rings is 1. The van der Waals surface area contributed by atoms with Gasteiger partial charge in [0.15, 0.2) is 0 Å². The zero-order valence-corrected chi connectivity index (χ0v) is 16.6. The number of rotatable bonds is 4. The fourth-order valence-corrected chi connectivity index (χ4v) is 5.12. The summed E-state index contributed by atoms with van der Waals surface area (Å²) in [5.74, 6) is 0.324. The molecular formula is C18H18BrN3O3S. The van der Waals surface area contributed by atoms with Gasteiger partial charge in [0.05, 0.1) is 18.4 Å². The number of halogens is 1. The summed E-state index contributed by atoms with van der Waals surface area (Å²) < 4.78 is 33.4. The molecule has 1 saturated heterocycles. The quantitative estimate of drug-likeness (QED) is 0.737. The number of hydrogen-bond donors (Lipinski definition) is 0. The number of nitrogens with zero attached hydrogens (tertiary/aromatic N) is 3. The summed E-state index contributed by atoms with van der Waals surface area (Å²) in [4.78, 5) is 2.20. The van der Waals surface area contributed by atoms with Crippen molar-refractivity contribution in [3.63, 3.8) is 0 Å². The molecule has 0 amide bonds. The molecule has 1 aliphatic heterocycles. The van der Waals surface area contributed by atoms with Gasteiger partial charge < -0.3 is 9.64 Å². The van der Waals surface area contributed by atoms with Crippen LogP contribution in [-0.4, -0.2) is 46.0 Å². The molecule has 0 unspecified atom stereocenters. The van der Waals surface area contributed by atoms with E-state index < -0.39 is 10.0 Å². The molecule has 136 valence electrons. The second-order valence-electron chi connectivity index (χ2n) is 5.82. The third-order valence-electron chi connectivity index (χ3n) is 4.35. The largest absolute Gasteiger partial charge is 0.495 e.